The van der Waals surface area contributed by atoms with E-state index in [1.54, 1.807) is 27.1 Å². The molecule has 0 saturated heterocycles. The minimum atomic E-state index is -0.00203. The first-order valence-electron chi connectivity index (χ1n) is 4.93. The highest BCUT2D eigenvalue weighted by atomic mass is 32.1. The minimum absolute atomic E-state index is 0.00203. The van der Waals surface area contributed by atoms with Crippen LogP contribution in [0.25, 0.3) is 0 Å². The van der Waals surface area contributed by atoms with Crippen molar-refractivity contribution in [1.29, 1.82) is 0 Å². The van der Waals surface area contributed by atoms with Gasteiger partial charge in [0.2, 0.25) is 0 Å². The van der Waals surface area contributed by atoms with Gasteiger partial charge in [-0.05, 0) is 17.9 Å². The first kappa shape index (κ1) is 11.3. The largest absolute Gasteiger partial charge is 0.340 e. The van der Waals surface area contributed by atoms with Gasteiger partial charge in [-0.3, -0.25) is 4.79 Å². The summed E-state index contributed by atoms with van der Waals surface area (Å²) in [4.78, 5) is 18.9. The van der Waals surface area contributed by atoms with Gasteiger partial charge in [0.25, 0.3) is 5.91 Å². The molecule has 0 N–H and O–H groups in total. The molecule has 16 heavy (non-hydrogen) atoms. The van der Waals surface area contributed by atoms with E-state index in [4.69, 9.17) is 0 Å². The fraction of sp³-hybridized carbons (Fsp3) is 0.273. The maximum atomic E-state index is 11.8. The second kappa shape index (κ2) is 5.23. The molecule has 0 unspecified atom stereocenters. The summed E-state index contributed by atoms with van der Waals surface area (Å²) in [6.07, 6.45) is 0.907. The van der Waals surface area contributed by atoms with Gasteiger partial charge >= 0.3 is 0 Å². The van der Waals surface area contributed by atoms with E-state index in [2.05, 4.69) is 16.4 Å². The molecule has 0 aromatic carbocycles. The molecule has 5 heteroatoms. The lowest BCUT2D eigenvalue weighted by molar-refractivity contribution is 0.0792. The molecule has 2 aromatic heterocycles. The summed E-state index contributed by atoms with van der Waals surface area (Å²) >= 11 is 3.17. The van der Waals surface area contributed by atoms with E-state index in [9.17, 15) is 4.79 Å². The number of amides is 1. The Balaban J connectivity index is 1.89. The summed E-state index contributed by atoms with van der Waals surface area (Å²) in [5, 5.41) is 3.83. The fourth-order valence-electron chi connectivity index (χ4n) is 1.35. The molecule has 0 aliphatic carbocycles. The van der Waals surface area contributed by atoms with Gasteiger partial charge < -0.3 is 4.90 Å². The van der Waals surface area contributed by atoms with Crippen molar-refractivity contribution in [3.05, 3.63) is 39.0 Å². The molecule has 0 aliphatic heterocycles. The molecular weight excluding hydrogens is 240 g/mol. The molecule has 84 valence electrons. The third-order valence-corrected chi connectivity index (χ3v) is 3.79. The molecule has 2 heterocycles. The molecule has 0 bridgehead atoms. The van der Waals surface area contributed by atoms with Crippen LogP contribution in [0.2, 0.25) is 0 Å². The lowest BCUT2D eigenvalue weighted by Gasteiger charge is -2.14. The van der Waals surface area contributed by atoms with Crippen molar-refractivity contribution in [3.8, 4) is 0 Å². The minimum Gasteiger partial charge on any atom is -0.340 e. The maximum absolute atomic E-state index is 11.8. The number of likely N-dealkylation sites (N-methyl/N-ethyl adjacent to an activating group) is 1. The van der Waals surface area contributed by atoms with E-state index in [0.717, 1.165) is 13.0 Å². The maximum Gasteiger partial charge on any atom is 0.273 e. The summed E-state index contributed by atoms with van der Waals surface area (Å²) < 4.78 is 0. The number of rotatable bonds is 4. The number of thiazole rings is 1. The van der Waals surface area contributed by atoms with Gasteiger partial charge in [-0.15, -0.1) is 22.7 Å². The fourth-order valence-corrected chi connectivity index (χ4v) is 2.57. The van der Waals surface area contributed by atoms with E-state index >= 15 is 0 Å². The van der Waals surface area contributed by atoms with E-state index < -0.39 is 0 Å². The molecule has 0 radical (unpaired) electrons. The van der Waals surface area contributed by atoms with Gasteiger partial charge in [-0.2, -0.15) is 0 Å². The first-order valence-corrected chi connectivity index (χ1v) is 6.75. The van der Waals surface area contributed by atoms with Gasteiger partial charge in [0.1, 0.15) is 5.69 Å². The highest BCUT2D eigenvalue weighted by Gasteiger charge is 2.13. The average Bonchev–Trinajstić information content (AvgIpc) is 2.96. The van der Waals surface area contributed by atoms with Crippen LogP contribution < -0.4 is 0 Å². The predicted molar refractivity (Wildman–Crippen MR) is 67.1 cm³/mol. The van der Waals surface area contributed by atoms with Gasteiger partial charge in [0, 0.05) is 23.8 Å². The molecule has 1 amide bonds. The van der Waals surface area contributed by atoms with Crippen LogP contribution in [0.15, 0.2) is 28.4 Å². The van der Waals surface area contributed by atoms with Crippen molar-refractivity contribution < 1.29 is 4.79 Å². The van der Waals surface area contributed by atoms with Crippen LogP contribution in [0, 0.1) is 0 Å². The topological polar surface area (TPSA) is 33.2 Å². The second-order valence-electron chi connectivity index (χ2n) is 3.43. The number of hydrogen-bond donors (Lipinski definition) is 0. The number of nitrogens with zero attached hydrogens (tertiary/aromatic N) is 2. The Labute approximate surface area is 102 Å². The highest BCUT2D eigenvalue weighted by Crippen LogP contribution is 2.10. The molecular formula is C11H12N2OS2. The smallest absolute Gasteiger partial charge is 0.273 e. The number of thiophene rings is 1. The van der Waals surface area contributed by atoms with E-state index in [-0.39, 0.29) is 5.91 Å². The number of aromatic nitrogens is 1. The van der Waals surface area contributed by atoms with Crippen molar-refractivity contribution in [2.24, 2.45) is 0 Å². The molecule has 0 aliphatic rings. The number of carbonyl (C=O) groups excluding carboxylic acids is 1. The zero-order valence-electron chi connectivity index (χ0n) is 8.92. The van der Waals surface area contributed by atoms with Crippen molar-refractivity contribution >= 4 is 28.6 Å². The Morgan fingerprint density at radius 2 is 2.44 bits per heavy atom. The first-order chi connectivity index (χ1) is 7.77. The monoisotopic (exact) mass is 252 g/mol. The van der Waals surface area contributed by atoms with Crippen molar-refractivity contribution in [3.63, 3.8) is 0 Å². The summed E-state index contributed by atoms with van der Waals surface area (Å²) in [5.74, 6) is -0.00203. The quantitative estimate of drug-likeness (QED) is 0.837. The Morgan fingerprint density at radius 3 is 3.06 bits per heavy atom. The van der Waals surface area contributed by atoms with Gasteiger partial charge in [0.05, 0.1) is 5.51 Å². The highest BCUT2D eigenvalue weighted by molar-refractivity contribution is 7.09. The second-order valence-corrected chi connectivity index (χ2v) is 5.18. The Bertz CT molecular complexity index is 437. The molecule has 0 saturated carbocycles. The molecule has 0 atom stereocenters. The Hall–Kier alpha value is -1.20. The van der Waals surface area contributed by atoms with Crippen LogP contribution >= 0.6 is 22.7 Å². The molecule has 0 spiro atoms. The predicted octanol–water partition coefficient (Wildman–Crippen LogP) is 2.52. The Kier molecular flexibility index (Phi) is 3.69. The summed E-state index contributed by atoms with van der Waals surface area (Å²) in [6, 6.07) is 4.12. The summed E-state index contributed by atoms with van der Waals surface area (Å²) in [6.45, 7) is 0.733. The van der Waals surface area contributed by atoms with Crippen LogP contribution in [-0.2, 0) is 6.42 Å². The average molecular weight is 252 g/mol. The van der Waals surface area contributed by atoms with E-state index in [1.165, 1.54) is 16.2 Å². The third-order valence-electron chi connectivity index (χ3n) is 2.27. The molecule has 2 rings (SSSR count). The van der Waals surface area contributed by atoms with E-state index in [1.807, 2.05) is 13.1 Å². The van der Waals surface area contributed by atoms with Gasteiger partial charge in [-0.25, -0.2) is 4.98 Å². The lowest BCUT2D eigenvalue weighted by atomic mass is 10.3. The number of carbonyl (C=O) groups is 1. The lowest BCUT2D eigenvalue weighted by Crippen LogP contribution is -2.28. The SMILES string of the molecule is CN(CCc1cccs1)C(=O)c1cscn1. The van der Waals surface area contributed by atoms with Crippen molar-refractivity contribution in [1.82, 2.24) is 9.88 Å². The third kappa shape index (κ3) is 2.68. The summed E-state index contributed by atoms with van der Waals surface area (Å²) in [7, 11) is 1.81. The van der Waals surface area contributed by atoms with Crippen LogP contribution in [0.5, 0.6) is 0 Å². The zero-order valence-corrected chi connectivity index (χ0v) is 10.6. The van der Waals surface area contributed by atoms with Crippen molar-refractivity contribution in [2.45, 2.75) is 6.42 Å². The van der Waals surface area contributed by atoms with E-state index in [0.29, 0.717) is 5.69 Å². The zero-order chi connectivity index (χ0) is 11.4. The number of hydrogen-bond acceptors (Lipinski definition) is 4. The van der Waals surface area contributed by atoms with Crippen molar-refractivity contribution in [2.75, 3.05) is 13.6 Å². The normalized spacial score (nSPS) is 10.3. The Morgan fingerprint density at radius 1 is 1.56 bits per heavy atom. The summed E-state index contributed by atoms with van der Waals surface area (Å²) in [5.41, 5.74) is 2.22. The van der Waals surface area contributed by atoms with Crippen LogP contribution in [0.4, 0.5) is 0 Å². The molecule has 3 nitrogen and oxygen atoms in total. The molecule has 2 aromatic rings. The van der Waals surface area contributed by atoms with Gasteiger partial charge in [0.15, 0.2) is 0 Å². The van der Waals surface area contributed by atoms with Crippen LogP contribution in [0.3, 0.4) is 0 Å². The molecule has 0 fully saturated rings. The van der Waals surface area contributed by atoms with Crippen LogP contribution in [-0.4, -0.2) is 29.4 Å². The van der Waals surface area contributed by atoms with Gasteiger partial charge in [-0.1, -0.05) is 6.07 Å². The van der Waals surface area contributed by atoms with Crippen LogP contribution in [0.1, 0.15) is 15.4 Å². The standard InChI is InChI=1S/C11H12N2OS2/c1-13(5-4-9-3-2-6-16-9)11(14)10-7-15-8-12-10/h2-3,6-8H,4-5H2,1H3.